The van der Waals surface area contributed by atoms with Crippen molar-refractivity contribution in [3.63, 3.8) is 0 Å². The highest BCUT2D eigenvalue weighted by Crippen LogP contribution is 2.26. The Balaban J connectivity index is 1.65. The fourth-order valence-electron chi connectivity index (χ4n) is 3.32. The van der Waals surface area contributed by atoms with E-state index in [1.54, 1.807) is 13.2 Å². The molecule has 1 N–H and O–H groups in total. The Morgan fingerprint density at radius 3 is 2.90 bits per heavy atom. The van der Waals surface area contributed by atoms with Gasteiger partial charge in [-0.1, -0.05) is 12.1 Å². The van der Waals surface area contributed by atoms with Gasteiger partial charge in [0, 0.05) is 31.8 Å². The molecule has 21 heavy (non-hydrogen) atoms. The Bertz CT molecular complexity index is 524. The molecule has 0 bridgehead atoms. The number of fused-ring (bicyclic) bond motifs is 1. The summed E-state index contributed by atoms with van der Waals surface area (Å²) in [6.45, 7) is 2.87. The summed E-state index contributed by atoms with van der Waals surface area (Å²) in [4.78, 5) is 14.5. The van der Waals surface area contributed by atoms with Gasteiger partial charge in [-0.3, -0.25) is 4.79 Å². The first kappa shape index (κ1) is 14.1. The van der Waals surface area contributed by atoms with Gasteiger partial charge in [-0.2, -0.15) is 0 Å². The number of methoxy groups -OCH3 is 1. The van der Waals surface area contributed by atoms with Crippen LogP contribution in [-0.2, 0) is 4.79 Å². The van der Waals surface area contributed by atoms with Crippen LogP contribution in [0.4, 0.5) is 0 Å². The maximum Gasteiger partial charge on any atom is 0.246 e. The number of hydrogen-bond donors (Lipinski definition) is 1. The average molecular weight is 286 g/mol. The second kappa shape index (κ2) is 6.31. The number of piperidine rings is 1. The van der Waals surface area contributed by atoms with Crippen molar-refractivity contribution in [2.24, 2.45) is 5.92 Å². The highest BCUT2D eigenvalue weighted by Gasteiger charge is 2.36. The predicted octanol–water partition coefficient (Wildman–Crippen LogP) is 1.92. The highest BCUT2D eigenvalue weighted by atomic mass is 16.5. The van der Waals surface area contributed by atoms with E-state index in [9.17, 15) is 4.79 Å². The lowest BCUT2D eigenvalue weighted by atomic mass is 9.92. The summed E-state index contributed by atoms with van der Waals surface area (Å²) in [6.07, 6.45) is 5.94. The van der Waals surface area contributed by atoms with Crippen molar-refractivity contribution in [3.05, 3.63) is 35.9 Å². The molecule has 4 nitrogen and oxygen atoms in total. The molecule has 1 amide bonds. The third-order valence-corrected chi connectivity index (χ3v) is 4.50. The van der Waals surface area contributed by atoms with E-state index >= 15 is 0 Å². The molecule has 1 aromatic rings. The summed E-state index contributed by atoms with van der Waals surface area (Å²) in [7, 11) is 1.65. The predicted molar refractivity (Wildman–Crippen MR) is 83.1 cm³/mol. The fourth-order valence-corrected chi connectivity index (χ4v) is 3.32. The Kier molecular flexibility index (Phi) is 4.25. The van der Waals surface area contributed by atoms with Gasteiger partial charge in [0.15, 0.2) is 0 Å². The average Bonchev–Trinajstić information content (AvgIpc) is 3.01. The molecule has 2 heterocycles. The first-order chi connectivity index (χ1) is 10.3. The van der Waals surface area contributed by atoms with Gasteiger partial charge in [0.2, 0.25) is 5.91 Å². The maximum absolute atomic E-state index is 12.4. The number of likely N-dealkylation sites (tertiary alicyclic amines) is 1. The van der Waals surface area contributed by atoms with Crippen molar-refractivity contribution >= 4 is 12.0 Å². The molecular formula is C17H22N2O2. The third kappa shape index (κ3) is 3.10. The molecule has 2 aliphatic heterocycles. The molecule has 0 aliphatic carbocycles. The van der Waals surface area contributed by atoms with E-state index < -0.39 is 0 Å². The number of nitrogens with one attached hydrogen (secondary N) is 1. The normalized spacial score (nSPS) is 25.1. The molecule has 0 saturated carbocycles. The second-order valence-electron chi connectivity index (χ2n) is 5.77. The maximum atomic E-state index is 12.4. The number of benzene rings is 1. The first-order valence-corrected chi connectivity index (χ1v) is 7.61. The van der Waals surface area contributed by atoms with Crippen LogP contribution in [0.15, 0.2) is 30.3 Å². The lowest BCUT2D eigenvalue weighted by Crippen LogP contribution is -2.47. The van der Waals surface area contributed by atoms with Crippen LogP contribution in [0, 0.1) is 5.92 Å². The summed E-state index contributed by atoms with van der Waals surface area (Å²) in [6, 6.07) is 8.10. The third-order valence-electron chi connectivity index (χ3n) is 4.50. The van der Waals surface area contributed by atoms with Crippen LogP contribution in [0.25, 0.3) is 6.08 Å². The molecule has 2 saturated heterocycles. The second-order valence-corrected chi connectivity index (χ2v) is 5.77. The smallest absolute Gasteiger partial charge is 0.246 e. The minimum Gasteiger partial charge on any atom is -0.497 e. The van der Waals surface area contributed by atoms with Crippen molar-refractivity contribution in [1.82, 2.24) is 10.2 Å². The number of carbonyl (C=O) groups excluding carboxylic acids is 1. The molecule has 2 aliphatic rings. The van der Waals surface area contributed by atoms with E-state index in [0.29, 0.717) is 12.0 Å². The number of ether oxygens (including phenoxy) is 1. The lowest BCUT2D eigenvalue weighted by Gasteiger charge is -2.36. The monoisotopic (exact) mass is 286 g/mol. The van der Waals surface area contributed by atoms with Crippen molar-refractivity contribution in [2.45, 2.75) is 18.9 Å². The lowest BCUT2D eigenvalue weighted by molar-refractivity contribution is -0.130. The molecule has 3 rings (SSSR count). The largest absolute Gasteiger partial charge is 0.497 e. The van der Waals surface area contributed by atoms with E-state index in [0.717, 1.165) is 37.4 Å². The minimum absolute atomic E-state index is 0.129. The number of nitrogens with zero attached hydrogens (tertiary/aromatic N) is 1. The quantitative estimate of drug-likeness (QED) is 0.863. The van der Waals surface area contributed by atoms with Gasteiger partial charge in [0.05, 0.1) is 7.11 Å². The van der Waals surface area contributed by atoms with E-state index in [1.165, 1.54) is 6.42 Å². The Morgan fingerprint density at radius 1 is 1.33 bits per heavy atom. The molecule has 2 fully saturated rings. The van der Waals surface area contributed by atoms with Gasteiger partial charge < -0.3 is 15.0 Å². The summed E-state index contributed by atoms with van der Waals surface area (Å²) in [5.41, 5.74) is 1.02. The molecule has 2 atom stereocenters. The summed E-state index contributed by atoms with van der Waals surface area (Å²) in [5.74, 6) is 1.59. The molecule has 0 spiro atoms. The van der Waals surface area contributed by atoms with Crippen molar-refractivity contribution in [3.8, 4) is 5.75 Å². The van der Waals surface area contributed by atoms with Gasteiger partial charge in [0.25, 0.3) is 0 Å². The topological polar surface area (TPSA) is 41.6 Å². The minimum atomic E-state index is 0.129. The summed E-state index contributed by atoms with van der Waals surface area (Å²) >= 11 is 0. The van der Waals surface area contributed by atoms with Crippen LogP contribution < -0.4 is 10.1 Å². The van der Waals surface area contributed by atoms with Crippen LogP contribution in [0.1, 0.15) is 18.4 Å². The fraction of sp³-hybridized carbons (Fsp3) is 0.471. The van der Waals surface area contributed by atoms with Gasteiger partial charge in [-0.15, -0.1) is 0 Å². The molecule has 4 heteroatoms. The zero-order valence-electron chi connectivity index (χ0n) is 12.4. The number of amides is 1. The molecule has 0 aromatic heterocycles. The molecule has 112 valence electrons. The number of rotatable bonds is 3. The number of hydrogen-bond acceptors (Lipinski definition) is 3. The molecule has 2 unspecified atom stereocenters. The first-order valence-electron chi connectivity index (χ1n) is 7.61. The van der Waals surface area contributed by atoms with Gasteiger partial charge in [0.1, 0.15) is 5.75 Å². The molecule has 0 radical (unpaired) electrons. The van der Waals surface area contributed by atoms with Crippen molar-refractivity contribution in [2.75, 3.05) is 26.7 Å². The van der Waals surface area contributed by atoms with Gasteiger partial charge in [-0.25, -0.2) is 0 Å². The van der Waals surface area contributed by atoms with Gasteiger partial charge >= 0.3 is 0 Å². The standard InChI is InChI=1S/C17H22N2O2/c1-21-15-7-4-13(5-8-15)6-9-17(20)19-10-2-3-14-11-18-12-16(14)19/h4-9,14,16,18H,2-3,10-12H2,1H3/b9-6+. The zero-order valence-corrected chi connectivity index (χ0v) is 12.4. The Hall–Kier alpha value is -1.81. The van der Waals surface area contributed by atoms with E-state index in [2.05, 4.69) is 5.32 Å². The van der Waals surface area contributed by atoms with E-state index in [1.807, 2.05) is 35.2 Å². The zero-order chi connectivity index (χ0) is 14.7. The van der Waals surface area contributed by atoms with Crippen LogP contribution >= 0.6 is 0 Å². The Labute approximate surface area is 125 Å². The molecular weight excluding hydrogens is 264 g/mol. The van der Waals surface area contributed by atoms with Crippen molar-refractivity contribution in [1.29, 1.82) is 0 Å². The SMILES string of the molecule is COc1ccc(/C=C/C(=O)N2CCCC3CNCC32)cc1. The van der Waals surface area contributed by atoms with Crippen LogP contribution in [-0.4, -0.2) is 43.6 Å². The van der Waals surface area contributed by atoms with Crippen LogP contribution in [0.2, 0.25) is 0 Å². The summed E-state index contributed by atoms with van der Waals surface area (Å²) < 4.78 is 5.13. The molecule has 1 aromatic carbocycles. The Morgan fingerprint density at radius 2 is 2.14 bits per heavy atom. The van der Waals surface area contributed by atoms with Crippen molar-refractivity contribution < 1.29 is 9.53 Å². The van der Waals surface area contributed by atoms with Gasteiger partial charge in [-0.05, 0) is 42.5 Å². The van der Waals surface area contributed by atoms with E-state index in [4.69, 9.17) is 4.74 Å². The summed E-state index contributed by atoms with van der Waals surface area (Å²) in [5, 5.41) is 3.40. The van der Waals surface area contributed by atoms with Crippen LogP contribution in [0.3, 0.4) is 0 Å². The van der Waals surface area contributed by atoms with Crippen LogP contribution in [0.5, 0.6) is 5.75 Å². The number of carbonyl (C=O) groups is 1. The van der Waals surface area contributed by atoms with E-state index in [-0.39, 0.29) is 5.91 Å². The highest BCUT2D eigenvalue weighted by molar-refractivity contribution is 5.92.